The van der Waals surface area contributed by atoms with Gasteiger partial charge in [0.05, 0.1) is 7.11 Å². The van der Waals surface area contributed by atoms with Crippen molar-refractivity contribution in [2.24, 2.45) is 0 Å². The van der Waals surface area contributed by atoms with Crippen LogP contribution in [0.15, 0.2) is 54.6 Å². The number of esters is 1. The van der Waals surface area contributed by atoms with E-state index in [4.69, 9.17) is 9.47 Å². The number of nitrogens with one attached hydrogen (secondary N) is 1. The molecule has 0 aliphatic heterocycles. The van der Waals surface area contributed by atoms with Gasteiger partial charge in [0, 0.05) is 17.5 Å². The molecule has 0 aliphatic carbocycles. The van der Waals surface area contributed by atoms with Crippen LogP contribution < -0.4 is 5.32 Å². The van der Waals surface area contributed by atoms with Crippen LogP contribution in [0.5, 0.6) is 0 Å². The normalized spacial score (nSPS) is 11.9. The van der Waals surface area contributed by atoms with E-state index in [-0.39, 0.29) is 12.0 Å². The molecule has 7 heteroatoms. The van der Waals surface area contributed by atoms with Crippen molar-refractivity contribution in [1.82, 2.24) is 5.32 Å². The van der Waals surface area contributed by atoms with E-state index in [1.807, 2.05) is 0 Å². The topological polar surface area (TPSA) is 98.8 Å². The minimum Gasteiger partial charge on any atom is -0.467 e. The maximum absolute atomic E-state index is 12.4. The zero-order valence-electron chi connectivity index (χ0n) is 17.4. The molecule has 0 fully saturated rings. The molecule has 30 heavy (non-hydrogen) atoms. The van der Waals surface area contributed by atoms with Gasteiger partial charge in [0.1, 0.15) is 11.6 Å². The number of hydrogen-bond donors (Lipinski definition) is 1. The second-order valence-electron chi connectivity index (χ2n) is 7.65. The second kappa shape index (κ2) is 9.82. The molecule has 0 saturated heterocycles. The number of ketones is 2. The quantitative estimate of drug-likeness (QED) is 0.426. The maximum Gasteiger partial charge on any atom is 0.408 e. The summed E-state index contributed by atoms with van der Waals surface area (Å²) in [7, 11) is 1.23. The first-order chi connectivity index (χ1) is 14.1. The Morgan fingerprint density at radius 1 is 0.867 bits per heavy atom. The number of amides is 1. The predicted molar refractivity (Wildman–Crippen MR) is 110 cm³/mol. The molecule has 0 aromatic heterocycles. The number of Topliss-reactive ketones (excluding diaryl/α,β-unsaturated/α-hetero) is 2. The van der Waals surface area contributed by atoms with Gasteiger partial charge in [0.25, 0.3) is 0 Å². The minimum absolute atomic E-state index is 0.132. The van der Waals surface area contributed by atoms with E-state index >= 15 is 0 Å². The second-order valence-corrected chi connectivity index (χ2v) is 7.65. The molecule has 1 atom stereocenters. The van der Waals surface area contributed by atoms with Crippen LogP contribution >= 0.6 is 0 Å². The van der Waals surface area contributed by atoms with Gasteiger partial charge in [-0.2, -0.15) is 0 Å². The molecule has 0 spiro atoms. The molecular formula is C23H25NO6. The fraction of sp³-hybridized carbons (Fsp3) is 0.304. The first-order valence-electron chi connectivity index (χ1n) is 9.41. The van der Waals surface area contributed by atoms with Gasteiger partial charge in [-0.05, 0) is 26.3 Å². The highest BCUT2D eigenvalue weighted by Gasteiger charge is 2.25. The number of carbonyl (C=O) groups excluding carboxylic acids is 4. The van der Waals surface area contributed by atoms with Gasteiger partial charge < -0.3 is 14.8 Å². The van der Waals surface area contributed by atoms with Crippen molar-refractivity contribution in [2.75, 3.05) is 7.11 Å². The lowest BCUT2D eigenvalue weighted by atomic mass is 9.99. The first kappa shape index (κ1) is 22.8. The van der Waals surface area contributed by atoms with E-state index in [9.17, 15) is 19.2 Å². The minimum atomic E-state index is -0.961. The Bertz CT molecular complexity index is 913. The summed E-state index contributed by atoms with van der Waals surface area (Å²) in [6.07, 6.45) is -0.606. The SMILES string of the molecule is COC(=O)C(Cc1ccc(C(=O)C(=O)c2ccccc2)cc1)NC(=O)OC(C)(C)C. The van der Waals surface area contributed by atoms with Crippen LogP contribution in [0.1, 0.15) is 47.1 Å². The third kappa shape index (κ3) is 6.55. The molecule has 158 valence electrons. The molecule has 0 bridgehead atoms. The highest BCUT2D eigenvalue weighted by molar-refractivity contribution is 6.49. The summed E-state index contributed by atoms with van der Waals surface area (Å²) < 4.78 is 9.93. The largest absolute Gasteiger partial charge is 0.467 e. The van der Waals surface area contributed by atoms with E-state index in [0.29, 0.717) is 11.1 Å². The first-order valence-corrected chi connectivity index (χ1v) is 9.41. The van der Waals surface area contributed by atoms with Gasteiger partial charge in [-0.15, -0.1) is 0 Å². The van der Waals surface area contributed by atoms with E-state index in [1.165, 1.54) is 19.2 Å². The van der Waals surface area contributed by atoms with Crippen molar-refractivity contribution < 1.29 is 28.7 Å². The van der Waals surface area contributed by atoms with Crippen LogP contribution in [-0.2, 0) is 20.7 Å². The summed E-state index contributed by atoms with van der Waals surface area (Å²) in [4.78, 5) is 48.8. The molecule has 0 heterocycles. The third-order valence-electron chi connectivity index (χ3n) is 4.07. The molecule has 1 unspecified atom stereocenters. The van der Waals surface area contributed by atoms with Crippen LogP contribution in [0.25, 0.3) is 0 Å². The van der Waals surface area contributed by atoms with Crippen molar-refractivity contribution in [3.63, 3.8) is 0 Å². The van der Waals surface area contributed by atoms with E-state index in [0.717, 1.165) is 0 Å². The lowest BCUT2D eigenvalue weighted by Crippen LogP contribution is -2.45. The molecule has 1 N–H and O–H groups in total. The summed E-state index contributed by atoms with van der Waals surface area (Å²) >= 11 is 0. The molecular weight excluding hydrogens is 386 g/mol. The Balaban J connectivity index is 2.09. The molecule has 2 aromatic carbocycles. The number of methoxy groups -OCH3 is 1. The Kier molecular flexibility index (Phi) is 7.47. The standard InChI is InChI=1S/C23H25NO6/c1-23(2,3)30-22(28)24-18(21(27)29-4)14-15-10-12-17(13-11-15)20(26)19(25)16-8-6-5-7-9-16/h5-13,18H,14H2,1-4H3,(H,24,28). The Hall–Kier alpha value is -3.48. The molecule has 7 nitrogen and oxygen atoms in total. The average molecular weight is 411 g/mol. The smallest absolute Gasteiger partial charge is 0.408 e. The van der Waals surface area contributed by atoms with Gasteiger partial charge in [-0.25, -0.2) is 9.59 Å². The van der Waals surface area contributed by atoms with E-state index in [1.54, 1.807) is 63.2 Å². The summed E-state index contributed by atoms with van der Waals surface area (Å²) in [6, 6.07) is 13.6. The van der Waals surface area contributed by atoms with Gasteiger partial charge in [0.15, 0.2) is 0 Å². The Morgan fingerprint density at radius 3 is 1.90 bits per heavy atom. The zero-order chi connectivity index (χ0) is 22.3. The van der Waals surface area contributed by atoms with Crippen molar-refractivity contribution in [2.45, 2.75) is 38.8 Å². The average Bonchev–Trinajstić information content (AvgIpc) is 2.71. The number of benzene rings is 2. The predicted octanol–water partition coefficient (Wildman–Crippen LogP) is 3.36. The van der Waals surface area contributed by atoms with Crippen LogP contribution in [0.4, 0.5) is 4.79 Å². The van der Waals surface area contributed by atoms with Crippen molar-refractivity contribution in [1.29, 1.82) is 0 Å². The fourth-order valence-corrected chi connectivity index (χ4v) is 2.66. The van der Waals surface area contributed by atoms with Gasteiger partial charge >= 0.3 is 12.1 Å². The summed E-state index contributed by atoms with van der Waals surface area (Å²) in [5.41, 5.74) is 0.518. The fourth-order valence-electron chi connectivity index (χ4n) is 2.66. The maximum atomic E-state index is 12.4. The van der Waals surface area contributed by atoms with Crippen LogP contribution in [0, 0.1) is 0 Å². The molecule has 0 aliphatic rings. The van der Waals surface area contributed by atoms with Crippen molar-refractivity contribution >= 4 is 23.6 Å². The zero-order valence-corrected chi connectivity index (χ0v) is 17.4. The Morgan fingerprint density at radius 2 is 1.40 bits per heavy atom. The van der Waals surface area contributed by atoms with Crippen LogP contribution in [0.2, 0.25) is 0 Å². The van der Waals surface area contributed by atoms with Crippen molar-refractivity contribution in [3.05, 3.63) is 71.3 Å². The summed E-state index contributed by atoms with van der Waals surface area (Å²) in [5.74, 6) is -1.84. The van der Waals surface area contributed by atoms with Crippen LogP contribution in [-0.4, -0.2) is 42.4 Å². The van der Waals surface area contributed by atoms with Gasteiger partial charge in [-0.1, -0.05) is 54.6 Å². The highest BCUT2D eigenvalue weighted by Crippen LogP contribution is 2.13. The molecule has 2 rings (SSSR count). The number of ether oxygens (including phenoxy) is 2. The van der Waals surface area contributed by atoms with Gasteiger partial charge in [0.2, 0.25) is 11.6 Å². The van der Waals surface area contributed by atoms with E-state index < -0.39 is 35.3 Å². The third-order valence-corrected chi connectivity index (χ3v) is 4.07. The van der Waals surface area contributed by atoms with Crippen LogP contribution in [0.3, 0.4) is 0 Å². The highest BCUT2D eigenvalue weighted by atomic mass is 16.6. The number of carbonyl (C=O) groups is 4. The molecule has 1 amide bonds. The summed E-state index contributed by atoms with van der Waals surface area (Å²) in [5, 5.41) is 2.49. The lowest BCUT2D eigenvalue weighted by molar-refractivity contribution is -0.143. The number of rotatable bonds is 7. The molecule has 0 saturated carbocycles. The lowest BCUT2D eigenvalue weighted by Gasteiger charge is -2.22. The van der Waals surface area contributed by atoms with E-state index in [2.05, 4.69) is 5.32 Å². The Labute approximate surface area is 175 Å². The monoisotopic (exact) mass is 411 g/mol. The molecule has 0 radical (unpaired) electrons. The summed E-state index contributed by atoms with van der Waals surface area (Å²) in [6.45, 7) is 5.14. The van der Waals surface area contributed by atoms with Crippen molar-refractivity contribution in [3.8, 4) is 0 Å². The van der Waals surface area contributed by atoms with Gasteiger partial charge in [-0.3, -0.25) is 9.59 Å². The number of hydrogen-bond acceptors (Lipinski definition) is 6. The number of alkyl carbamates (subject to hydrolysis) is 1. The molecule has 2 aromatic rings.